The van der Waals surface area contributed by atoms with Crippen molar-refractivity contribution in [2.45, 2.75) is 32.6 Å². The van der Waals surface area contributed by atoms with Gasteiger partial charge in [-0.2, -0.15) is 8.42 Å². The Kier molecular flexibility index (Phi) is 9.85. The number of amides is 1. The Bertz CT molecular complexity index is 2050. The summed E-state index contributed by atoms with van der Waals surface area (Å²) in [6.07, 6.45) is 4.06. The number of fused-ring (bicyclic) bond motifs is 2. The summed E-state index contributed by atoms with van der Waals surface area (Å²) < 4.78 is 43.1. The topological polar surface area (TPSA) is 154 Å². The molecule has 0 unspecified atom stereocenters. The Balaban J connectivity index is 1.68. The molecule has 2 N–H and O–H groups in total. The minimum absolute atomic E-state index is 0.141. The summed E-state index contributed by atoms with van der Waals surface area (Å²) in [6.45, 7) is 11.3. The zero-order valence-electron chi connectivity index (χ0n) is 27.2. The number of carbonyl (C=O) groups excluding carboxylic acids is 1. The number of carboxylic acids is 2. The fourth-order valence-corrected chi connectivity index (χ4v) is 6.43. The van der Waals surface area contributed by atoms with Gasteiger partial charge in [-0.15, -0.1) is 3.89 Å². The number of hydrogen-bond donors (Lipinski definition) is 2. The van der Waals surface area contributed by atoms with Crippen molar-refractivity contribution < 1.29 is 41.6 Å². The maximum absolute atomic E-state index is 13.7. The van der Waals surface area contributed by atoms with E-state index in [1.54, 1.807) is 0 Å². The van der Waals surface area contributed by atoms with Crippen LogP contribution in [0.2, 0.25) is 0 Å². The van der Waals surface area contributed by atoms with Crippen LogP contribution in [0.1, 0.15) is 59.5 Å². The number of hydrogen-bond acceptors (Lipinski definition) is 8. The van der Waals surface area contributed by atoms with Gasteiger partial charge in [0.15, 0.2) is 0 Å². The molecule has 0 saturated carbocycles. The van der Waals surface area contributed by atoms with Crippen LogP contribution in [-0.2, 0) is 15.0 Å². The zero-order chi connectivity index (χ0) is 35.6. The van der Waals surface area contributed by atoms with Crippen molar-refractivity contribution >= 4 is 50.7 Å². The average molecular weight is 688 g/mol. The Labute approximate surface area is 283 Å². The van der Waals surface area contributed by atoms with Gasteiger partial charge in [0.25, 0.3) is 5.91 Å². The molecule has 3 aromatic rings. The fraction of sp³-hybridized carbons (Fsp3) is 0.222. The van der Waals surface area contributed by atoms with Crippen LogP contribution in [0.3, 0.4) is 0 Å². The summed E-state index contributed by atoms with van der Waals surface area (Å²) in [4.78, 5) is 45.0. The second-order valence-electron chi connectivity index (χ2n) is 11.1. The molecule has 1 amide bonds. The summed E-state index contributed by atoms with van der Waals surface area (Å²) >= 11 is 0. The van der Waals surface area contributed by atoms with Crippen molar-refractivity contribution in [2.24, 2.45) is 4.99 Å². The minimum Gasteiger partial charge on any atom is -0.478 e. The van der Waals surface area contributed by atoms with Gasteiger partial charge < -0.3 is 24.7 Å². The predicted molar refractivity (Wildman–Crippen MR) is 184 cm³/mol. The summed E-state index contributed by atoms with van der Waals surface area (Å²) in [5.41, 5.74) is 2.43. The number of allylic oxidation sites excluding steroid dienone is 3. The van der Waals surface area contributed by atoms with E-state index in [1.807, 2.05) is 64.1 Å². The van der Waals surface area contributed by atoms with Crippen LogP contribution in [-0.4, -0.2) is 68.4 Å². The molecular weight excluding hydrogens is 653 g/mol. The van der Waals surface area contributed by atoms with Gasteiger partial charge >= 0.3 is 22.2 Å². The van der Waals surface area contributed by atoms with E-state index in [0.717, 1.165) is 49.7 Å². The molecule has 3 aromatic carbocycles. The lowest BCUT2D eigenvalue weighted by atomic mass is 9.84. The molecule has 0 aromatic heterocycles. The van der Waals surface area contributed by atoms with E-state index in [4.69, 9.17) is 4.74 Å². The van der Waals surface area contributed by atoms with Gasteiger partial charge in [0.05, 0.1) is 27.3 Å². The number of nitrogens with zero attached hydrogens (tertiary/aromatic N) is 3. The Morgan fingerprint density at radius 2 is 1.31 bits per heavy atom. The molecule has 1 aliphatic carbocycles. The van der Waals surface area contributed by atoms with Crippen molar-refractivity contribution in [1.29, 1.82) is 0 Å². The third-order valence-electron chi connectivity index (χ3n) is 8.41. The van der Waals surface area contributed by atoms with Crippen LogP contribution in [0.15, 0.2) is 93.9 Å². The first kappa shape index (κ1) is 34.8. The number of aliphatic carboxylic acids is 1. The van der Waals surface area contributed by atoms with Gasteiger partial charge in [-0.05, 0) is 87.9 Å². The number of benzene rings is 3. The van der Waals surface area contributed by atoms with E-state index < -0.39 is 44.1 Å². The number of carboxylic acid groups (broad SMARTS) is 2. The second-order valence-corrected chi connectivity index (χ2v) is 12.4. The SMILES string of the molecule is CCN(CC)c1ccc2c(c1)Oc1cc(N(CC)CC)ccc1C2=C1C=CC(=NC(=O)c2cc(S(=O)(=O)F)ccc2C(=O)O)C=C1C(=O)O. The first-order valence-electron chi connectivity index (χ1n) is 15.6. The number of aromatic carboxylic acids is 1. The number of rotatable bonds is 10. The number of carbonyl (C=O) groups is 3. The fourth-order valence-electron chi connectivity index (χ4n) is 5.94. The molecule has 0 atom stereocenters. The summed E-state index contributed by atoms with van der Waals surface area (Å²) in [5.74, 6) is -3.02. The van der Waals surface area contributed by atoms with Crippen molar-refractivity contribution in [3.05, 3.63) is 106 Å². The van der Waals surface area contributed by atoms with Crippen molar-refractivity contribution in [1.82, 2.24) is 0 Å². The quantitative estimate of drug-likeness (QED) is 0.177. The molecule has 0 radical (unpaired) electrons. The average Bonchev–Trinajstić information content (AvgIpc) is 3.07. The third kappa shape index (κ3) is 6.88. The normalized spacial score (nSPS) is 14.5. The van der Waals surface area contributed by atoms with Crippen LogP contribution in [0, 0.1) is 0 Å². The van der Waals surface area contributed by atoms with E-state index in [-0.39, 0.29) is 11.3 Å². The van der Waals surface area contributed by atoms with Crippen LogP contribution in [0.4, 0.5) is 15.3 Å². The van der Waals surface area contributed by atoms with Gasteiger partial charge in [-0.1, -0.05) is 6.08 Å². The van der Waals surface area contributed by atoms with E-state index in [0.29, 0.717) is 39.8 Å². The van der Waals surface area contributed by atoms with E-state index in [2.05, 4.69) is 14.8 Å². The highest BCUT2D eigenvalue weighted by molar-refractivity contribution is 7.86. The summed E-state index contributed by atoms with van der Waals surface area (Å²) in [5, 5.41) is 20.0. The molecule has 2 aliphatic rings. The van der Waals surface area contributed by atoms with Crippen LogP contribution in [0.25, 0.3) is 5.57 Å². The number of anilines is 2. The molecule has 5 rings (SSSR count). The Hall–Kier alpha value is -5.56. The minimum atomic E-state index is -5.26. The molecule has 1 aliphatic heterocycles. The first-order chi connectivity index (χ1) is 23.3. The molecule has 0 spiro atoms. The van der Waals surface area contributed by atoms with Gasteiger partial charge in [-0.25, -0.2) is 14.6 Å². The predicted octanol–water partition coefficient (Wildman–Crippen LogP) is 6.51. The lowest BCUT2D eigenvalue weighted by molar-refractivity contribution is -0.132. The lowest BCUT2D eigenvalue weighted by Gasteiger charge is -2.30. The Morgan fingerprint density at radius 3 is 1.78 bits per heavy atom. The Morgan fingerprint density at radius 1 is 0.755 bits per heavy atom. The second kappa shape index (κ2) is 13.9. The van der Waals surface area contributed by atoms with E-state index in [1.165, 1.54) is 18.2 Å². The summed E-state index contributed by atoms with van der Waals surface area (Å²) in [6, 6.07) is 13.6. The number of ether oxygens (including phenoxy) is 1. The highest BCUT2D eigenvalue weighted by Crippen LogP contribution is 2.49. The third-order valence-corrected chi connectivity index (χ3v) is 9.23. The molecule has 49 heavy (non-hydrogen) atoms. The van der Waals surface area contributed by atoms with Gasteiger partial charge in [0.1, 0.15) is 11.5 Å². The van der Waals surface area contributed by atoms with Crippen molar-refractivity contribution in [3.63, 3.8) is 0 Å². The van der Waals surface area contributed by atoms with Crippen LogP contribution < -0.4 is 14.5 Å². The van der Waals surface area contributed by atoms with E-state index in [9.17, 15) is 36.9 Å². The molecule has 0 fully saturated rings. The van der Waals surface area contributed by atoms with Gasteiger partial charge in [-0.3, -0.25) is 4.79 Å². The van der Waals surface area contributed by atoms with E-state index >= 15 is 0 Å². The zero-order valence-corrected chi connectivity index (χ0v) is 28.0. The summed E-state index contributed by atoms with van der Waals surface area (Å²) in [7, 11) is -5.26. The van der Waals surface area contributed by atoms with Crippen molar-refractivity contribution in [2.75, 3.05) is 36.0 Å². The monoisotopic (exact) mass is 687 g/mol. The van der Waals surface area contributed by atoms with Gasteiger partial charge in [0.2, 0.25) is 0 Å². The molecule has 0 bridgehead atoms. The molecule has 1 heterocycles. The van der Waals surface area contributed by atoms with Crippen LogP contribution >= 0.6 is 0 Å². The standard InChI is InChI=1S/C36H34FN3O8S/c1-5-39(6-2)22-10-14-27-31(18-22)48-32-19-23(40(7-3)8-4)11-15-28(32)33(27)25-13-9-21(17-30(25)36(44)45)38-34(41)29-20-24(49(37,46)47)12-16-26(29)35(42)43/h9-20H,5-8H2,1-4H3,(H,42,43)(H,44,45). The van der Waals surface area contributed by atoms with Gasteiger partial charge in [0, 0.05) is 66.4 Å². The molecule has 254 valence electrons. The number of aliphatic imine (C=N–C) groups is 1. The smallest absolute Gasteiger partial charge is 0.336 e. The maximum Gasteiger partial charge on any atom is 0.336 e. The number of halogens is 1. The molecule has 11 nitrogen and oxygen atoms in total. The first-order valence-corrected chi connectivity index (χ1v) is 17.0. The molecule has 0 saturated heterocycles. The maximum atomic E-state index is 13.7. The highest BCUT2D eigenvalue weighted by Gasteiger charge is 2.30. The lowest BCUT2D eigenvalue weighted by Crippen LogP contribution is -2.22. The van der Waals surface area contributed by atoms with Crippen LogP contribution in [0.5, 0.6) is 11.5 Å². The van der Waals surface area contributed by atoms with Crippen molar-refractivity contribution in [3.8, 4) is 11.5 Å². The molecular formula is C36H34FN3O8S. The highest BCUT2D eigenvalue weighted by atomic mass is 32.3. The largest absolute Gasteiger partial charge is 0.478 e. The molecule has 13 heteroatoms.